The van der Waals surface area contributed by atoms with Gasteiger partial charge in [-0.2, -0.15) is 0 Å². The number of nitrogens with zero attached hydrogens (tertiary/aromatic N) is 2. The van der Waals surface area contributed by atoms with Crippen LogP contribution in [0.1, 0.15) is 35.4 Å². The Morgan fingerprint density at radius 1 is 1.21 bits per heavy atom. The van der Waals surface area contributed by atoms with Gasteiger partial charge in [-0.25, -0.2) is 9.37 Å². The first-order valence-electron chi connectivity index (χ1n) is 8.01. The number of aromatic nitrogens is 2. The van der Waals surface area contributed by atoms with Gasteiger partial charge in [-0.3, -0.25) is 9.59 Å². The van der Waals surface area contributed by atoms with Crippen molar-refractivity contribution in [3.63, 3.8) is 0 Å². The van der Waals surface area contributed by atoms with E-state index in [2.05, 4.69) is 15.6 Å². The Kier molecular flexibility index (Phi) is 4.88. The van der Waals surface area contributed by atoms with E-state index >= 15 is 0 Å². The molecule has 1 aliphatic heterocycles. The predicted molar refractivity (Wildman–Crippen MR) is 87.1 cm³/mol. The summed E-state index contributed by atoms with van der Waals surface area (Å²) in [6.07, 6.45) is 4.98. The summed E-state index contributed by atoms with van der Waals surface area (Å²) in [4.78, 5) is 28.2. The van der Waals surface area contributed by atoms with E-state index in [4.69, 9.17) is 0 Å². The van der Waals surface area contributed by atoms with Crippen molar-refractivity contribution < 1.29 is 14.0 Å². The van der Waals surface area contributed by atoms with Gasteiger partial charge in [0, 0.05) is 31.5 Å². The van der Waals surface area contributed by atoms with Crippen LogP contribution < -0.4 is 10.6 Å². The molecule has 2 heterocycles. The molecule has 0 unspecified atom stereocenters. The maximum absolute atomic E-state index is 12.8. The molecule has 2 N–H and O–H groups in total. The van der Waals surface area contributed by atoms with Crippen molar-refractivity contribution in [3.05, 3.63) is 47.7 Å². The molecular formula is C17H19FN4O2. The number of aryl methyl sites for hydroxylation is 1. The van der Waals surface area contributed by atoms with Gasteiger partial charge in [-0.1, -0.05) is 0 Å². The number of fused-ring (bicyclic) bond motifs is 1. The number of imidazole rings is 1. The number of hydrogen-bond donors (Lipinski definition) is 2. The van der Waals surface area contributed by atoms with Crippen LogP contribution in [0, 0.1) is 5.82 Å². The molecule has 0 saturated carbocycles. The lowest BCUT2D eigenvalue weighted by atomic mass is 10.2. The van der Waals surface area contributed by atoms with Crippen LogP contribution in [-0.4, -0.2) is 27.9 Å². The SMILES string of the molecule is O=C(CCNC(=O)c1ccc(F)cc1)Nc1cnc2n1CCCC2. The van der Waals surface area contributed by atoms with Crippen molar-refractivity contribution in [2.24, 2.45) is 0 Å². The summed E-state index contributed by atoms with van der Waals surface area (Å²) in [5, 5.41) is 5.48. The zero-order valence-electron chi connectivity index (χ0n) is 13.2. The topological polar surface area (TPSA) is 76.0 Å². The molecule has 1 aromatic carbocycles. The van der Waals surface area contributed by atoms with Crippen LogP contribution in [0.25, 0.3) is 0 Å². The van der Waals surface area contributed by atoms with Crippen molar-refractivity contribution in [3.8, 4) is 0 Å². The Balaban J connectivity index is 1.47. The number of benzene rings is 1. The van der Waals surface area contributed by atoms with Crippen LogP contribution >= 0.6 is 0 Å². The highest BCUT2D eigenvalue weighted by atomic mass is 19.1. The molecule has 6 nitrogen and oxygen atoms in total. The number of rotatable bonds is 5. The number of amides is 2. The third kappa shape index (κ3) is 3.79. The quantitative estimate of drug-likeness (QED) is 0.882. The molecule has 1 aromatic heterocycles. The highest BCUT2D eigenvalue weighted by Crippen LogP contribution is 2.19. The molecular weight excluding hydrogens is 311 g/mol. The summed E-state index contributed by atoms with van der Waals surface area (Å²) in [5.74, 6) is 0.808. The standard InChI is InChI=1S/C17H19FN4O2/c18-13-6-4-12(5-7-13)17(24)19-9-8-16(23)21-15-11-20-14-3-1-2-10-22(14)15/h4-7,11H,1-3,8-10H2,(H,19,24)(H,21,23). The summed E-state index contributed by atoms with van der Waals surface area (Å²) in [6.45, 7) is 1.08. The van der Waals surface area contributed by atoms with E-state index in [-0.39, 0.29) is 24.8 Å². The minimum absolute atomic E-state index is 0.160. The van der Waals surface area contributed by atoms with Crippen LogP contribution in [0.15, 0.2) is 30.5 Å². The van der Waals surface area contributed by atoms with Crippen LogP contribution in [-0.2, 0) is 17.8 Å². The lowest BCUT2D eigenvalue weighted by molar-refractivity contribution is -0.116. The van der Waals surface area contributed by atoms with E-state index in [0.29, 0.717) is 11.4 Å². The van der Waals surface area contributed by atoms with Gasteiger partial charge < -0.3 is 15.2 Å². The molecule has 0 bridgehead atoms. The fourth-order valence-electron chi connectivity index (χ4n) is 2.71. The molecule has 3 rings (SSSR count). The van der Waals surface area contributed by atoms with Gasteiger partial charge in [0.05, 0.1) is 6.20 Å². The molecule has 0 aliphatic carbocycles. The second-order valence-electron chi connectivity index (χ2n) is 5.73. The molecule has 0 spiro atoms. The predicted octanol–water partition coefficient (Wildman–Crippen LogP) is 2.12. The van der Waals surface area contributed by atoms with Crippen LogP contribution in [0.2, 0.25) is 0 Å². The maximum atomic E-state index is 12.8. The summed E-state index contributed by atoms with van der Waals surface area (Å²) >= 11 is 0. The van der Waals surface area contributed by atoms with Gasteiger partial charge in [0.25, 0.3) is 5.91 Å². The zero-order valence-corrected chi connectivity index (χ0v) is 13.2. The summed E-state index contributed by atoms with van der Waals surface area (Å²) in [6, 6.07) is 5.27. The van der Waals surface area contributed by atoms with Crippen LogP contribution in [0.3, 0.4) is 0 Å². The van der Waals surface area contributed by atoms with Gasteiger partial charge in [0.1, 0.15) is 17.5 Å². The number of anilines is 1. The fourth-order valence-corrected chi connectivity index (χ4v) is 2.71. The average molecular weight is 330 g/mol. The minimum Gasteiger partial charge on any atom is -0.352 e. The molecule has 0 fully saturated rings. The highest BCUT2D eigenvalue weighted by Gasteiger charge is 2.15. The van der Waals surface area contributed by atoms with Gasteiger partial charge in [0.2, 0.25) is 5.91 Å². The van der Waals surface area contributed by atoms with Crippen molar-refractivity contribution in [1.82, 2.24) is 14.9 Å². The monoisotopic (exact) mass is 330 g/mol. The van der Waals surface area contributed by atoms with E-state index in [0.717, 1.165) is 31.6 Å². The Bertz CT molecular complexity index is 740. The maximum Gasteiger partial charge on any atom is 0.251 e. The van der Waals surface area contributed by atoms with Crippen molar-refractivity contribution >= 4 is 17.6 Å². The Morgan fingerprint density at radius 3 is 2.79 bits per heavy atom. The number of carbonyl (C=O) groups excluding carboxylic acids is 2. The Labute approximate surface area is 139 Å². The second kappa shape index (κ2) is 7.25. The smallest absolute Gasteiger partial charge is 0.251 e. The molecule has 0 saturated heterocycles. The average Bonchev–Trinajstić information content (AvgIpc) is 2.98. The van der Waals surface area contributed by atoms with Crippen molar-refractivity contribution in [2.45, 2.75) is 32.2 Å². The van der Waals surface area contributed by atoms with Crippen LogP contribution in [0.5, 0.6) is 0 Å². The molecule has 2 amide bonds. The van der Waals surface area contributed by atoms with E-state index in [1.807, 2.05) is 4.57 Å². The summed E-state index contributed by atoms with van der Waals surface area (Å²) < 4.78 is 14.8. The van der Waals surface area contributed by atoms with E-state index in [1.54, 1.807) is 6.20 Å². The van der Waals surface area contributed by atoms with Crippen molar-refractivity contribution in [2.75, 3.05) is 11.9 Å². The molecule has 1 aliphatic rings. The fraction of sp³-hybridized carbons (Fsp3) is 0.353. The first-order chi connectivity index (χ1) is 11.6. The lowest BCUT2D eigenvalue weighted by Crippen LogP contribution is -2.28. The summed E-state index contributed by atoms with van der Waals surface area (Å²) in [7, 11) is 0. The van der Waals surface area contributed by atoms with Crippen LogP contribution in [0.4, 0.5) is 10.2 Å². The molecule has 0 radical (unpaired) electrons. The van der Waals surface area contributed by atoms with E-state index in [1.165, 1.54) is 24.3 Å². The normalized spacial score (nSPS) is 13.2. The number of halogens is 1. The van der Waals surface area contributed by atoms with Gasteiger partial charge in [-0.05, 0) is 37.1 Å². The first kappa shape index (κ1) is 16.2. The van der Waals surface area contributed by atoms with E-state index < -0.39 is 5.82 Å². The zero-order chi connectivity index (χ0) is 16.9. The minimum atomic E-state index is -0.393. The Hall–Kier alpha value is -2.70. The number of hydrogen-bond acceptors (Lipinski definition) is 3. The third-order valence-electron chi connectivity index (χ3n) is 3.98. The molecule has 7 heteroatoms. The van der Waals surface area contributed by atoms with Gasteiger partial charge in [-0.15, -0.1) is 0 Å². The molecule has 126 valence electrons. The van der Waals surface area contributed by atoms with Gasteiger partial charge in [0.15, 0.2) is 0 Å². The second-order valence-corrected chi connectivity index (χ2v) is 5.73. The van der Waals surface area contributed by atoms with Gasteiger partial charge >= 0.3 is 0 Å². The highest BCUT2D eigenvalue weighted by molar-refractivity contribution is 5.95. The lowest BCUT2D eigenvalue weighted by Gasteiger charge is -2.16. The number of carbonyl (C=O) groups is 2. The van der Waals surface area contributed by atoms with E-state index in [9.17, 15) is 14.0 Å². The molecule has 2 aromatic rings. The number of nitrogens with one attached hydrogen (secondary N) is 2. The first-order valence-corrected chi connectivity index (χ1v) is 8.01. The largest absolute Gasteiger partial charge is 0.352 e. The Morgan fingerprint density at radius 2 is 2.00 bits per heavy atom. The molecule has 24 heavy (non-hydrogen) atoms. The van der Waals surface area contributed by atoms with Crippen molar-refractivity contribution in [1.29, 1.82) is 0 Å². The summed E-state index contributed by atoms with van der Waals surface area (Å²) in [5.41, 5.74) is 0.363. The molecule has 0 atom stereocenters. The third-order valence-corrected chi connectivity index (χ3v) is 3.98.